The molecule has 0 unspecified atom stereocenters. The van der Waals surface area contributed by atoms with Crippen molar-refractivity contribution >= 4 is 27.3 Å². The SMILES string of the molecule is O=C(O)c1cc(S(=O)(=O)N2CCc3sccc3C2)c[nH]1. The van der Waals surface area contributed by atoms with Crippen LogP contribution in [0.4, 0.5) is 0 Å². The van der Waals surface area contributed by atoms with Crippen molar-refractivity contribution in [2.75, 3.05) is 6.54 Å². The summed E-state index contributed by atoms with van der Waals surface area (Å²) in [7, 11) is -3.65. The molecule has 2 aromatic heterocycles. The Morgan fingerprint density at radius 1 is 1.45 bits per heavy atom. The molecule has 0 saturated carbocycles. The number of hydrogen-bond donors (Lipinski definition) is 2. The van der Waals surface area contributed by atoms with Gasteiger partial charge in [-0.3, -0.25) is 0 Å². The van der Waals surface area contributed by atoms with Crippen molar-refractivity contribution < 1.29 is 18.3 Å². The number of rotatable bonds is 3. The zero-order valence-corrected chi connectivity index (χ0v) is 12.0. The number of hydrogen-bond acceptors (Lipinski definition) is 4. The average Bonchev–Trinajstić information content (AvgIpc) is 3.07. The fourth-order valence-electron chi connectivity index (χ4n) is 2.22. The van der Waals surface area contributed by atoms with Crippen LogP contribution in [0.5, 0.6) is 0 Å². The minimum atomic E-state index is -3.65. The zero-order valence-electron chi connectivity index (χ0n) is 10.4. The molecule has 3 heterocycles. The lowest BCUT2D eigenvalue weighted by atomic mass is 10.1. The van der Waals surface area contributed by atoms with Crippen LogP contribution in [0.3, 0.4) is 0 Å². The molecule has 0 fully saturated rings. The highest BCUT2D eigenvalue weighted by atomic mass is 32.2. The molecule has 0 bridgehead atoms. The first kappa shape index (κ1) is 13.3. The lowest BCUT2D eigenvalue weighted by Crippen LogP contribution is -2.35. The molecule has 1 aliphatic heterocycles. The van der Waals surface area contributed by atoms with Gasteiger partial charge in [0.25, 0.3) is 0 Å². The number of thiophene rings is 1. The number of carboxylic acid groups (broad SMARTS) is 1. The molecule has 0 saturated heterocycles. The lowest BCUT2D eigenvalue weighted by Gasteiger charge is -2.25. The van der Waals surface area contributed by atoms with Crippen molar-refractivity contribution in [1.29, 1.82) is 0 Å². The predicted octanol–water partition coefficient (Wildman–Crippen LogP) is 1.52. The summed E-state index contributed by atoms with van der Waals surface area (Å²) in [6.07, 6.45) is 1.92. The second kappa shape index (κ2) is 4.72. The molecule has 20 heavy (non-hydrogen) atoms. The van der Waals surface area contributed by atoms with Gasteiger partial charge in [-0.15, -0.1) is 11.3 Å². The van der Waals surface area contributed by atoms with Gasteiger partial charge in [0.05, 0.1) is 0 Å². The second-order valence-corrected chi connectivity index (χ2v) is 7.45. The van der Waals surface area contributed by atoms with Crippen molar-refractivity contribution in [2.45, 2.75) is 17.9 Å². The standard InChI is InChI=1S/C12H12N2O4S2/c15-12(16)10-5-9(6-13-10)20(17,18)14-3-1-11-8(7-14)2-4-19-11/h2,4-6,13H,1,3,7H2,(H,15,16). The van der Waals surface area contributed by atoms with Crippen LogP contribution < -0.4 is 0 Å². The van der Waals surface area contributed by atoms with Crippen molar-refractivity contribution in [2.24, 2.45) is 0 Å². The van der Waals surface area contributed by atoms with Gasteiger partial charge in [-0.1, -0.05) is 0 Å². The molecule has 2 aromatic rings. The van der Waals surface area contributed by atoms with Gasteiger partial charge in [0.2, 0.25) is 10.0 Å². The average molecular weight is 312 g/mol. The number of carboxylic acids is 1. The number of nitrogens with zero attached hydrogens (tertiary/aromatic N) is 1. The van der Waals surface area contributed by atoms with Gasteiger partial charge in [0, 0.05) is 24.2 Å². The van der Waals surface area contributed by atoms with Crippen LogP contribution in [0.2, 0.25) is 0 Å². The molecule has 106 valence electrons. The minimum absolute atomic E-state index is 0.00594. The number of aromatic carboxylic acids is 1. The Labute approximate surface area is 119 Å². The predicted molar refractivity (Wildman–Crippen MR) is 73.4 cm³/mol. The summed E-state index contributed by atoms with van der Waals surface area (Å²) in [5, 5.41) is 10.8. The van der Waals surface area contributed by atoms with E-state index in [2.05, 4.69) is 4.98 Å². The first-order valence-electron chi connectivity index (χ1n) is 5.95. The topological polar surface area (TPSA) is 90.5 Å². The molecule has 0 amide bonds. The summed E-state index contributed by atoms with van der Waals surface area (Å²) in [5.74, 6) is -1.18. The fourth-order valence-corrected chi connectivity index (χ4v) is 4.53. The van der Waals surface area contributed by atoms with Crippen molar-refractivity contribution in [3.63, 3.8) is 0 Å². The Morgan fingerprint density at radius 3 is 2.95 bits per heavy atom. The summed E-state index contributed by atoms with van der Waals surface area (Å²) in [6.45, 7) is 0.762. The molecule has 0 radical (unpaired) electrons. The highest BCUT2D eigenvalue weighted by Crippen LogP contribution is 2.28. The first-order valence-corrected chi connectivity index (χ1v) is 8.27. The van der Waals surface area contributed by atoms with E-state index in [-0.39, 0.29) is 10.6 Å². The Hall–Kier alpha value is -1.64. The Morgan fingerprint density at radius 2 is 2.25 bits per heavy atom. The first-order chi connectivity index (χ1) is 9.48. The molecule has 1 aliphatic rings. The molecular weight excluding hydrogens is 300 g/mol. The van der Waals surface area contributed by atoms with E-state index < -0.39 is 16.0 Å². The van der Waals surface area contributed by atoms with E-state index in [0.717, 1.165) is 11.6 Å². The molecular formula is C12H12N2O4S2. The molecule has 8 heteroatoms. The lowest BCUT2D eigenvalue weighted by molar-refractivity contribution is 0.0691. The molecule has 0 spiro atoms. The summed E-state index contributed by atoms with van der Waals surface area (Å²) < 4.78 is 26.3. The smallest absolute Gasteiger partial charge is 0.352 e. The molecule has 6 nitrogen and oxygen atoms in total. The van der Waals surface area contributed by atoms with E-state index in [0.29, 0.717) is 19.5 Å². The number of aromatic amines is 1. The number of aromatic nitrogens is 1. The van der Waals surface area contributed by atoms with E-state index in [1.807, 2.05) is 11.4 Å². The van der Waals surface area contributed by atoms with E-state index in [1.54, 1.807) is 11.3 Å². The third-order valence-corrected chi connectivity index (χ3v) is 6.14. The van der Waals surface area contributed by atoms with Crippen LogP contribution in [0.15, 0.2) is 28.6 Å². The normalized spacial score (nSPS) is 16.0. The number of H-pyrrole nitrogens is 1. The molecule has 0 atom stereocenters. The number of sulfonamides is 1. The monoisotopic (exact) mass is 312 g/mol. The summed E-state index contributed by atoms with van der Waals surface area (Å²) in [6, 6.07) is 3.09. The molecule has 0 aliphatic carbocycles. The second-order valence-electron chi connectivity index (χ2n) is 4.51. The minimum Gasteiger partial charge on any atom is -0.477 e. The number of carbonyl (C=O) groups is 1. The third kappa shape index (κ3) is 2.15. The van der Waals surface area contributed by atoms with E-state index in [9.17, 15) is 13.2 Å². The van der Waals surface area contributed by atoms with Crippen molar-refractivity contribution in [1.82, 2.24) is 9.29 Å². The van der Waals surface area contributed by atoms with Crippen molar-refractivity contribution in [3.05, 3.63) is 39.8 Å². The Kier molecular flexibility index (Phi) is 3.15. The fraction of sp³-hybridized carbons (Fsp3) is 0.250. The number of nitrogens with one attached hydrogen (secondary N) is 1. The van der Waals surface area contributed by atoms with Gasteiger partial charge in [-0.05, 0) is 29.5 Å². The Bertz CT molecular complexity index is 760. The van der Waals surface area contributed by atoms with Crippen LogP contribution in [-0.4, -0.2) is 35.3 Å². The molecule has 3 rings (SSSR count). The highest BCUT2D eigenvalue weighted by Gasteiger charge is 2.30. The molecule has 0 aromatic carbocycles. The van der Waals surface area contributed by atoms with Gasteiger partial charge >= 0.3 is 5.97 Å². The van der Waals surface area contributed by atoms with E-state index in [1.165, 1.54) is 15.4 Å². The summed E-state index contributed by atoms with van der Waals surface area (Å²) >= 11 is 1.64. The van der Waals surface area contributed by atoms with Crippen LogP contribution in [0.1, 0.15) is 20.9 Å². The zero-order chi connectivity index (χ0) is 14.3. The van der Waals surface area contributed by atoms with Gasteiger partial charge in [-0.2, -0.15) is 4.31 Å². The quantitative estimate of drug-likeness (QED) is 0.899. The van der Waals surface area contributed by atoms with Crippen molar-refractivity contribution in [3.8, 4) is 0 Å². The maximum atomic E-state index is 12.5. The van der Waals surface area contributed by atoms with Gasteiger partial charge in [0.1, 0.15) is 10.6 Å². The van der Waals surface area contributed by atoms with Gasteiger partial charge < -0.3 is 10.1 Å². The summed E-state index contributed by atoms with van der Waals surface area (Å²) in [5.41, 5.74) is 0.899. The summed E-state index contributed by atoms with van der Waals surface area (Å²) in [4.78, 5) is 14.5. The maximum Gasteiger partial charge on any atom is 0.352 e. The van der Waals surface area contributed by atoms with Crippen LogP contribution in [-0.2, 0) is 23.0 Å². The van der Waals surface area contributed by atoms with Crippen LogP contribution in [0, 0.1) is 0 Å². The number of fused-ring (bicyclic) bond motifs is 1. The van der Waals surface area contributed by atoms with E-state index >= 15 is 0 Å². The Balaban J connectivity index is 1.90. The van der Waals surface area contributed by atoms with Crippen LogP contribution in [0.25, 0.3) is 0 Å². The van der Waals surface area contributed by atoms with Gasteiger partial charge in [-0.25, -0.2) is 13.2 Å². The maximum absolute atomic E-state index is 12.5. The van der Waals surface area contributed by atoms with Gasteiger partial charge in [0.15, 0.2) is 0 Å². The van der Waals surface area contributed by atoms with Crippen LogP contribution >= 0.6 is 11.3 Å². The largest absolute Gasteiger partial charge is 0.477 e. The third-order valence-electron chi connectivity index (χ3n) is 3.30. The highest BCUT2D eigenvalue weighted by molar-refractivity contribution is 7.89. The molecule has 2 N–H and O–H groups in total. The van der Waals surface area contributed by atoms with E-state index in [4.69, 9.17) is 5.11 Å².